The van der Waals surface area contributed by atoms with Crippen LogP contribution in [0.4, 0.5) is 0 Å². The number of hydrogen-bond donors (Lipinski definition) is 1. The van der Waals surface area contributed by atoms with E-state index in [0.717, 1.165) is 36.0 Å². The van der Waals surface area contributed by atoms with Crippen LogP contribution in [0.15, 0.2) is 28.7 Å². The number of ether oxygens (including phenoxy) is 1. The molecule has 1 N–H and O–H groups in total. The predicted molar refractivity (Wildman–Crippen MR) is 106 cm³/mol. The van der Waals surface area contributed by atoms with Crippen molar-refractivity contribution in [3.05, 3.63) is 52.5 Å². The fourth-order valence-corrected chi connectivity index (χ4v) is 3.79. The van der Waals surface area contributed by atoms with Crippen molar-refractivity contribution in [2.75, 3.05) is 6.61 Å². The Morgan fingerprint density at radius 2 is 2.11 bits per heavy atom. The Labute approximate surface area is 164 Å². The summed E-state index contributed by atoms with van der Waals surface area (Å²) in [6.45, 7) is 5.72. The quantitative estimate of drug-likeness (QED) is 0.726. The Bertz CT molecular complexity index is 1030. The van der Waals surface area contributed by atoms with Gasteiger partial charge in [0.25, 0.3) is 5.91 Å². The van der Waals surface area contributed by atoms with Crippen LogP contribution in [-0.2, 0) is 17.6 Å². The van der Waals surface area contributed by atoms with Gasteiger partial charge in [0.05, 0.1) is 6.04 Å². The number of amides is 1. The lowest BCUT2D eigenvalue weighted by Gasteiger charge is -2.26. The standard InChI is InChI=1S/C22H25N3O3/c1-4-18-24-21(20-13(2)14(3)28-22(20)25-18)27-12-19(26)23-17-11-7-9-15-8-5-6-10-16(15)17/h5-6,8,10,17H,4,7,9,11-12H2,1-3H3,(H,23,26). The van der Waals surface area contributed by atoms with Crippen molar-refractivity contribution in [3.63, 3.8) is 0 Å². The van der Waals surface area contributed by atoms with Gasteiger partial charge in [0.15, 0.2) is 6.61 Å². The molecule has 3 aromatic rings. The van der Waals surface area contributed by atoms with E-state index in [1.54, 1.807) is 0 Å². The summed E-state index contributed by atoms with van der Waals surface area (Å²) in [4.78, 5) is 21.5. The molecule has 0 saturated heterocycles. The summed E-state index contributed by atoms with van der Waals surface area (Å²) in [5.74, 6) is 1.68. The molecule has 1 atom stereocenters. The van der Waals surface area contributed by atoms with Gasteiger partial charge in [-0.05, 0) is 44.2 Å². The van der Waals surface area contributed by atoms with Crippen LogP contribution in [0.3, 0.4) is 0 Å². The third kappa shape index (κ3) is 3.46. The maximum absolute atomic E-state index is 12.6. The van der Waals surface area contributed by atoms with Crippen LogP contribution < -0.4 is 10.1 Å². The van der Waals surface area contributed by atoms with E-state index < -0.39 is 0 Å². The Kier molecular flexibility index (Phi) is 5.03. The van der Waals surface area contributed by atoms with Crippen molar-refractivity contribution in [1.82, 2.24) is 15.3 Å². The van der Waals surface area contributed by atoms with E-state index in [2.05, 4.69) is 27.4 Å². The maximum atomic E-state index is 12.6. The smallest absolute Gasteiger partial charge is 0.258 e. The summed E-state index contributed by atoms with van der Waals surface area (Å²) >= 11 is 0. The second-order valence-electron chi connectivity index (χ2n) is 7.26. The molecule has 0 bridgehead atoms. The maximum Gasteiger partial charge on any atom is 0.258 e. The number of nitrogens with one attached hydrogen (secondary N) is 1. The molecule has 28 heavy (non-hydrogen) atoms. The molecule has 1 amide bonds. The summed E-state index contributed by atoms with van der Waals surface area (Å²) in [6, 6.07) is 8.34. The Morgan fingerprint density at radius 3 is 2.93 bits per heavy atom. The number of furan rings is 1. The van der Waals surface area contributed by atoms with E-state index in [-0.39, 0.29) is 18.6 Å². The van der Waals surface area contributed by atoms with E-state index in [1.165, 1.54) is 11.1 Å². The van der Waals surface area contributed by atoms with Gasteiger partial charge in [-0.2, -0.15) is 9.97 Å². The number of aryl methyl sites for hydroxylation is 4. The first-order valence-corrected chi connectivity index (χ1v) is 9.83. The van der Waals surface area contributed by atoms with Crippen molar-refractivity contribution in [2.24, 2.45) is 0 Å². The van der Waals surface area contributed by atoms with Crippen LogP contribution in [-0.4, -0.2) is 22.5 Å². The monoisotopic (exact) mass is 379 g/mol. The normalized spacial score (nSPS) is 16.0. The molecule has 0 fully saturated rings. The van der Waals surface area contributed by atoms with Crippen LogP contribution in [0.5, 0.6) is 5.88 Å². The van der Waals surface area contributed by atoms with Gasteiger partial charge in [0.1, 0.15) is 17.0 Å². The third-order valence-electron chi connectivity index (χ3n) is 5.40. The number of hydrogen-bond acceptors (Lipinski definition) is 5. The van der Waals surface area contributed by atoms with Crippen LogP contribution in [0, 0.1) is 13.8 Å². The zero-order chi connectivity index (χ0) is 19.7. The Balaban J connectivity index is 1.50. The highest BCUT2D eigenvalue weighted by Crippen LogP contribution is 2.31. The van der Waals surface area contributed by atoms with Crippen molar-refractivity contribution >= 4 is 17.0 Å². The summed E-state index contributed by atoms with van der Waals surface area (Å²) in [5, 5.41) is 3.85. The van der Waals surface area contributed by atoms with Crippen molar-refractivity contribution < 1.29 is 13.9 Å². The second kappa shape index (κ2) is 7.62. The fraction of sp³-hybridized carbons (Fsp3) is 0.409. The lowest BCUT2D eigenvalue weighted by molar-refractivity contribution is -0.124. The molecule has 2 aromatic heterocycles. The van der Waals surface area contributed by atoms with E-state index >= 15 is 0 Å². The number of carbonyl (C=O) groups excluding carboxylic acids is 1. The largest absolute Gasteiger partial charge is 0.467 e. The van der Waals surface area contributed by atoms with Gasteiger partial charge < -0.3 is 14.5 Å². The van der Waals surface area contributed by atoms with Crippen LogP contribution in [0.2, 0.25) is 0 Å². The van der Waals surface area contributed by atoms with Crippen LogP contribution in [0.25, 0.3) is 11.1 Å². The number of aromatic nitrogens is 2. The van der Waals surface area contributed by atoms with Gasteiger partial charge in [0, 0.05) is 12.0 Å². The number of benzene rings is 1. The molecule has 0 aliphatic heterocycles. The first kappa shape index (κ1) is 18.5. The fourth-order valence-electron chi connectivity index (χ4n) is 3.79. The molecule has 6 nitrogen and oxygen atoms in total. The zero-order valence-corrected chi connectivity index (χ0v) is 16.5. The highest BCUT2D eigenvalue weighted by molar-refractivity contribution is 5.85. The van der Waals surface area contributed by atoms with Gasteiger partial charge in [-0.1, -0.05) is 31.2 Å². The summed E-state index contributed by atoms with van der Waals surface area (Å²) < 4.78 is 11.5. The first-order valence-electron chi connectivity index (χ1n) is 9.83. The van der Waals surface area contributed by atoms with Crippen molar-refractivity contribution in [1.29, 1.82) is 0 Å². The topological polar surface area (TPSA) is 77.2 Å². The molecule has 6 heteroatoms. The van der Waals surface area contributed by atoms with Gasteiger partial charge in [-0.15, -0.1) is 0 Å². The minimum atomic E-state index is -0.149. The molecule has 0 spiro atoms. The lowest BCUT2D eigenvalue weighted by Crippen LogP contribution is -2.34. The molecule has 2 heterocycles. The summed E-state index contributed by atoms with van der Waals surface area (Å²) in [7, 11) is 0. The van der Waals surface area contributed by atoms with Gasteiger partial charge in [-0.3, -0.25) is 4.79 Å². The minimum absolute atomic E-state index is 0.0376. The molecule has 4 rings (SSSR count). The SMILES string of the molecule is CCc1nc(OCC(=O)NC2CCCc3ccccc32)c2c(C)c(C)oc2n1. The van der Waals surface area contributed by atoms with E-state index in [1.807, 2.05) is 32.9 Å². The van der Waals surface area contributed by atoms with Crippen LogP contribution in [0.1, 0.15) is 54.1 Å². The average molecular weight is 379 g/mol. The molecule has 1 unspecified atom stereocenters. The third-order valence-corrected chi connectivity index (χ3v) is 5.40. The van der Waals surface area contributed by atoms with Crippen molar-refractivity contribution in [3.8, 4) is 5.88 Å². The predicted octanol–water partition coefficient (Wildman–Crippen LogP) is 3.97. The minimum Gasteiger partial charge on any atom is -0.467 e. The van der Waals surface area contributed by atoms with E-state index in [4.69, 9.17) is 9.15 Å². The number of fused-ring (bicyclic) bond motifs is 2. The summed E-state index contributed by atoms with van der Waals surface area (Å²) in [5.41, 5.74) is 3.98. The van der Waals surface area contributed by atoms with Gasteiger partial charge in [0.2, 0.25) is 11.6 Å². The summed E-state index contributed by atoms with van der Waals surface area (Å²) in [6.07, 6.45) is 3.75. The number of rotatable bonds is 5. The van der Waals surface area contributed by atoms with Crippen LogP contribution >= 0.6 is 0 Å². The highest BCUT2D eigenvalue weighted by atomic mass is 16.5. The van der Waals surface area contributed by atoms with Crippen molar-refractivity contribution in [2.45, 2.75) is 52.5 Å². The lowest BCUT2D eigenvalue weighted by atomic mass is 9.88. The molecule has 1 aliphatic rings. The molecular formula is C22H25N3O3. The van der Waals surface area contributed by atoms with E-state index in [0.29, 0.717) is 23.8 Å². The Hall–Kier alpha value is -2.89. The van der Waals surface area contributed by atoms with E-state index in [9.17, 15) is 4.79 Å². The number of nitrogens with zero attached hydrogens (tertiary/aromatic N) is 2. The molecule has 0 radical (unpaired) electrons. The first-order chi connectivity index (χ1) is 13.6. The second-order valence-corrected chi connectivity index (χ2v) is 7.26. The number of carbonyl (C=O) groups is 1. The molecule has 1 aliphatic carbocycles. The highest BCUT2D eigenvalue weighted by Gasteiger charge is 2.22. The van der Waals surface area contributed by atoms with Gasteiger partial charge >= 0.3 is 0 Å². The Morgan fingerprint density at radius 1 is 1.29 bits per heavy atom. The molecule has 1 aromatic carbocycles. The average Bonchev–Trinajstić information content (AvgIpc) is 3.00. The zero-order valence-electron chi connectivity index (χ0n) is 16.5. The molecule has 146 valence electrons. The molecule has 0 saturated carbocycles. The van der Waals surface area contributed by atoms with Gasteiger partial charge in [-0.25, -0.2) is 0 Å². The molecular weight excluding hydrogens is 354 g/mol.